The van der Waals surface area contributed by atoms with Crippen molar-refractivity contribution < 1.29 is 0 Å². The van der Waals surface area contributed by atoms with Gasteiger partial charge in [0.25, 0.3) is 0 Å². The van der Waals surface area contributed by atoms with E-state index in [4.69, 9.17) is 0 Å². The van der Waals surface area contributed by atoms with Crippen LogP contribution in [0.15, 0.2) is 4.99 Å². The molecule has 0 unspecified atom stereocenters. The predicted octanol–water partition coefficient (Wildman–Crippen LogP) is 2.12. The summed E-state index contributed by atoms with van der Waals surface area (Å²) < 4.78 is 0. The number of guanidine groups is 1. The van der Waals surface area contributed by atoms with Crippen LogP contribution in [0.25, 0.3) is 0 Å². The van der Waals surface area contributed by atoms with E-state index in [0.717, 1.165) is 25.6 Å². The molecule has 0 aliphatic heterocycles. The van der Waals surface area contributed by atoms with E-state index >= 15 is 0 Å². The Morgan fingerprint density at radius 3 is 2.26 bits per heavy atom. The van der Waals surface area contributed by atoms with Crippen LogP contribution in [0.1, 0.15) is 53.4 Å². The smallest absolute Gasteiger partial charge is 0.191 e. The third-order valence-corrected chi connectivity index (χ3v) is 4.09. The first-order valence-electron chi connectivity index (χ1n) is 7.60. The van der Waals surface area contributed by atoms with Gasteiger partial charge >= 0.3 is 0 Å². The van der Waals surface area contributed by atoms with E-state index in [-0.39, 0.29) is 5.54 Å². The molecule has 1 fully saturated rings. The molecule has 1 rings (SSSR count). The van der Waals surface area contributed by atoms with Crippen LogP contribution < -0.4 is 16.0 Å². The number of hydrogen-bond acceptors (Lipinski definition) is 2. The monoisotopic (exact) mass is 268 g/mol. The van der Waals surface area contributed by atoms with E-state index in [1.165, 1.54) is 25.7 Å². The first kappa shape index (κ1) is 16.3. The lowest BCUT2D eigenvalue weighted by Gasteiger charge is -2.41. The van der Waals surface area contributed by atoms with Gasteiger partial charge in [-0.2, -0.15) is 0 Å². The Kier molecular flexibility index (Phi) is 6.11. The zero-order valence-corrected chi connectivity index (χ0v) is 13.4. The standard InChI is InChI=1S/C15H32N4/c1-6-15(8-7-9-15)12-18-13(16-5)17-10-11-19-14(2,3)4/h19H,6-12H2,1-5H3,(H2,16,17,18). The van der Waals surface area contributed by atoms with Crippen LogP contribution in [0, 0.1) is 5.41 Å². The van der Waals surface area contributed by atoms with E-state index in [0.29, 0.717) is 5.41 Å². The maximum absolute atomic E-state index is 4.28. The molecule has 1 aliphatic carbocycles. The Bertz CT molecular complexity index is 282. The Morgan fingerprint density at radius 1 is 1.16 bits per heavy atom. The normalized spacial score (nSPS) is 18.9. The van der Waals surface area contributed by atoms with Crippen molar-refractivity contribution in [2.75, 3.05) is 26.7 Å². The van der Waals surface area contributed by atoms with Crippen molar-refractivity contribution in [3.8, 4) is 0 Å². The maximum atomic E-state index is 4.28. The van der Waals surface area contributed by atoms with Crippen LogP contribution in [0.3, 0.4) is 0 Å². The largest absolute Gasteiger partial charge is 0.356 e. The van der Waals surface area contributed by atoms with Crippen molar-refractivity contribution in [1.29, 1.82) is 0 Å². The molecule has 0 bridgehead atoms. The molecular formula is C15H32N4. The molecule has 1 saturated carbocycles. The minimum Gasteiger partial charge on any atom is -0.356 e. The van der Waals surface area contributed by atoms with Crippen LogP contribution >= 0.6 is 0 Å². The molecule has 3 N–H and O–H groups in total. The van der Waals surface area contributed by atoms with Crippen LogP contribution in [-0.4, -0.2) is 38.2 Å². The molecule has 0 aromatic rings. The van der Waals surface area contributed by atoms with Crippen molar-refractivity contribution in [1.82, 2.24) is 16.0 Å². The highest BCUT2D eigenvalue weighted by Gasteiger charge is 2.34. The summed E-state index contributed by atoms with van der Waals surface area (Å²) in [5.41, 5.74) is 0.706. The molecule has 0 saturated heterocycles. The second-order valence-electron chi connectivity index (χ2n) is 6.74. The zero-order valence-electron chi connectivity index (χ0n) is 13.4. The molecule has 0 spiro atoms. The van der Waals surface area contributed by atoms with Gasteiger partial charge < -0.3 is 16.0 Å². The molecule has 19 heavy (non-hydrogen) atoms. The summed E-state index contributed by atoms with van der Waals surface area (Å²) >= 11 is 0. The molecule has 0 amide bonds. The summed E-state index contributed by atoms with van der Waals surface area (Å²) in [6.07, 6.45) is 5.37. The summed E-state index contributed by atoms with van der Waals surface area (Å²) in [5.74, 6) is 0.926. The first-order valence-corrected chi connectivity index (χ1v) is 7.60. The van der Waals surface area contributed by atoms with Gasteiger partial charge in [-0.3, -0.25) is 4.99 Å². The van der Waals surface area contributed by atoms with E-state index < -0.39 is 0 Å². The lowest BCUT2D eigenvalue weighted by Crippen LogP contribution is -2.48. The van der Waals surface area contributed by atoms with E-state index in [1.807, 2.05) is 7.05 Å². The zero-order chi connectivity index (χ0) is 14.4. The highest BCUT2D eigenvalue weighted by Crippen LogP contribution is 2.42. The highest BCUT2D eigenvalue weighted by atomic mass is 15.2. The van der Waals surface area contributed by atoms with Gasteiger partial charge in [0.1, 0.15) is 0 Å². The fraction of sp³-hybridized carbons (Fsp3) is 0.933. The Morgan fingerprint density at radius 2 is 1.84 bits per heavy atom. The van der Waals surface area contributed by atoms with Crippen LogP contribution in [0.4, 0.5) is 0 Å². The molecule has 0 atom stereocenters. The molecule has 0 aromatic heterocycles. The number of nitrogens with zero attached hydrogens (tertiary/aromatic N) is 1. The molecule has 0 heterocycles. The van der Waals surface area contributed by atoms with Crippen LogP contribution in [0.5, 0.6) is 0 Å². The fourth-order valence-electron chi connectivity index (χ4n) is 2.44. The molecular weight excluding hydrogens is 236 g/mol. The Labute approximate surface area is 118 Å². The van der Waals surface area contributed by atoms with Crippen LogP contribution in [-0.2, 0) is 0 Å². The van der Waals surface area contributed by atoms with Gasteiger partial charge in [0, 0.05) is 32.2 Å². The lowest BCUT2D eigenvalue weighted by molar-refractivity contribution is 0.131. The second kappa shape index (κ2) is 7.13. The first-order chi connectivity index (χ1) is 8.91. The maximum Gasteiger partial charge on any atom is 0.191 e. The minimum absolute atomic E-state index is 0.177. The van der Waals surface area contributed by atoms with Gasteiger partial charge in [0.05, 0.1) is 0 Å². The quantitative estimate of drug-likeness (QED) is 0.393. The van der Waals surface area contributed by atoms with Gasteiger partial charge in [-0.05, 0) is 45.4 Å². The molecule has 112 valence electrons. The predicted molar refractivity (Wildman–Crippen MR) is 83.7 cm³/mol. The molecule has 4 heteroatoms. The van der Waals surface area contributed by atoms with E-state index in [1.54, 1.807) is 0 Å². The van der Waals surface area contributed by atoms with Gasteiger partial charge in [0.15, 0.2) is 5.96 Å². The third-order valence-electron chi connectivity index (χ3n) is 4.09. The molecule has 0 radical (unpaired) electrons. The van der Waals surface area contributed by atoms with Gasteiger partial charge in [-0.15, -0.1) is 0 Å². The fourth-order valence-corrected chi connectivity index (χ4v) is 2.44. The van der Waals surface area contributed by atoms with Crippen molar-refractivity contribution in [2.45, 2.75) is 58.9 Å². The third kappa shape index (κ3) is 5.81. The highest BCUT2D eigenvalue weighted by molar-refractivity contribution is 5.79. The second-order valence-corrected chi connectivity index (χ2v) is 6.74. The van der Waals surface area contributed by atoms with E-state index in [9.17, 15) is 0 Å². The SMILES string of the molecule is CCC1(CNC(=NC)NCCNC(C)(C)C)CCC1. The topological polar surface area (TPSA) is 48.5 Å². The van der Waals surface area contributed by atoms with Crippen molar-refractivity contribution in [3.63, 3.8) is 0 Å². The summed E-state index contributed by atoms with van der Waals surface area (Å²) in [6, 6.07) is 0. The number of rotatable bonds is 6. The van der Waals surface area contributed by atoms with Gasteiger partial charge in [0.2, 0.25) is 0 Å². The van der Waals surface area contributed by atoms with Gasteiger partial charge in [-0.1, -0.05) is 13.3 Å². The van der Waals surface area contributed by atoms with E-state index in [2.05, 4.69) is 48.6 Å². The molecule has 1 aliphatic rings. The summed E-state index contributed by atoms with van der Waals surface area (Å²) in [6.45, 7) is 11.7. The lowest BCUT2D eigenvalue weighted by atomic mass is 9.67. The molecule has 4 nitrogen and oxygen atoms in total. The number of nitrogens with one attached hydrogen (secondary N) is 3. The minimum atomic E-state index is 0.177. The van der Waals surface area contributed by atoms with Gasteiger partial charge in [-0.25, -0.2) is 0 Å². The Balaban J connectivity index is 2.20. The van der Waals surface area contributed by atoms with Crippen molar-refractivity contribution in [2.24, 2.45) is 10.4 Å². The van der Waals surface area contributed by atoms with Crippen molar-refractivity contribution in [3.05, 3.63) is 0 Å². The average Bonchev–Trinajstić information content (AvgIpc) is 2.29. The summed E-state index contributed by atoms with van der Waals surface area (Å²) in [4.78, 5) is 4.28. The Hall–Kier alpha value is -0.770. The van der Waals surface area contributed by atoms with Crippen molar-refractivity contribution >= 4 is 5.96 Å². The molecule has 0 aromatic carbocycles. The number of aliphatic imine (C=N–C) groups is 1. The average molecular weight is 268 g/mol. The van der Waals surface area contributed by atoms with Crippen LogP contribution in [0.2, 0.25) is 0 Å². The summed E-state index contributed by atoms with van der Waals surface area (Å²) in [5, 5.41) is 10.3. The number of hydrogen-bond donors (Lipinski definition) is 3. The summed E-state index contributed by atoms with van der Waals surface area (Å²) in [7, 11) is 1.84.